The first-order valence-corrected chi connectivity index (χ1v) is 9.55. The van der Waals surface area contributed by atoms with Crippen molar-refractivity contribution in [2.75, 3.05) is 26.2 Å². The molecule has 4 nitrogen and oxygen atoms in total. The summed E-state index contributed by atoms with van der Waals surface area (Å²) < 4.78 is 0. The molecule has 2 heterocycles. The molecule has 3 rings (SSSR count). The molecule has 1 N–H and O–H groups in total. The van der Waals surface area contributed by atoms with Crippen molar-refractivity contribution in [3.05, 3.63) is 35.4 Å². The maximum Gasteiger partial charge on any atom is 0.317 e. The Bertz CT molecular complexity index is 522. The van der Waals surface area contributed by atoms with Crippen LogP contribution in [0, 0.1) is 6.92 Å². The zero-order valence-corrected chi connectivity index (χ0v) is 15.0. The fourth-order valence-corrected chi connectivity index (χ4v) is 3.89. The van der Waals surface area contributed by atoms with Crippen molar-refractivity contribution in [2.24, 2.45) is 0 Å². The maximum absolute atomic E-state index is 12.6. The molecule has 0 spiro atoms. The van der Waals surface area contributed by atoms with Gasteiger partial charge >= 0.3 is 6.03 Å². The molecule has 2 amide bonds. The minimum atomic E-state index is 0.113. The predicted octanol–water partition coefficient (Wildman–Crippen LogP) is 3.55. The molecule has 2 saturated heterocycles. The second-order valence-electron chi connectivity index (χ2n) is 7.32. The van der Waals surface area contributed by atoms with E-state index in [0.717, 1.165) is 32.4 Å². The molecular weight excluding hydrogens is 298 g/mol. The monoisotopic (exact) mass is 329 g/mol. The Kier molecular flexibility index (Phi) is 6.13. The summed E-state index contributed by atoms with van der Waals surface area (Å²) in [5.41, 5.74) is 2.42. The number of nitrogens with zero attached hydrogens (tertiary/aromatic N) is 2. The van der Waals surface area contributed by atoms with Gasteiger partial charge in [-0.2, -0.15) is 0 Å². The number of hydrogen-bond donors (Lipinski definition) is 1. The van der Waals surface area contributed by atoms with E-state index in [9.17, 15) is 4.79 Å². The van der Waals surface area contributed by atoms with E-state index in [0.29, 0.717) is 12.6 Å². The molecule has 2 fully saturated rings. The number of likely N-dealkylation sites (tertiary alicyclic amines) is 2. The number of aryl methyl sites for hydroxylation is 1. The van der Waals surface area contributed by atoms with Gasteiger partial charge in [-0.1, -0.05) is 29.8 Å². The van der Waals surface area contributed by atoms with Crippen LogP contribution in [0.4, 0.5) is 4.79 Å². The summed E-state index contributed by atoms with van der Waals surface area (Å²) >= 11 is 0. The lowest BCUT2D eigenvalue weighted by atomic mass is 9.99. The molecule has 0 radical (unpaired) electrons. The number of piperidine rings is 1. The molecule has 1 aromatic carbocycles. The number of amides is 2. The fraction of sp³-hybridized carbons (Fsp3) is 0.650. The van der Waals surface area contributed by atoms with Gasteiger partial charge in [0.05, 0.1) is 0 Å². The van der Waals surface area contributed by atoms with E-state index in [1.54, 1.807) is 0 Å². The van der Waals surface area contributed by atoms with Crippen LogP contribution in [0.25, 0.3) is 0 Å². The SMILES string of the molecule is Cc1ccc(CNC(=O)N2CCCC[C@@H]2CCN2CCCC2)cc1. The van der Waals surface area contributed by atoms with E-state index >= 15 is 0 Å². The van der Waals surface area contributed by atoms with Gasteiger partial charge in [-0.3, -0.25) is 0 Å². The van der Waals surface area contributed by atoms with Gasteiger partial charge in [0, 0.05) is 25.7 Å². The van der Waals surface area contributed by atoms with Gasteiger partial charge in [0.15, 0.2) is 0 Å². The molecule has 0 saturated carbocycles. The summed E-state index contributed by atoms with van der Waals surface area (Å²) in [5.74, 6) is 0. The van der Waals surface area contributed by atoms with Crippen LogP contribution in [0.1, 0.15) is 49.7 Å². The Morgan fingerprint density at radius 2 is 1.79 bits per heavy atom. The highest BCUT2D eigenvalue weighted by Gasteiger charge is 2.27. The molecule has 4 heteroatoms. The van der Waals surface area contributed by atoms with Crippen LogP contribution < -0.4 is 5.32 Å². The van der Waals surface area contributed by atoms with Gasteiger partial charge in [0.1, 0.15) is 0 Å². The minimum Gasteiger partial charge on any atom is -0.334 e. The average molecular weight is 329 g/mol. The van der Waals surface area contributed by atoms with E-state index in [-0.39, 0.29) is 6.03 Å². The van der Waals surface area contributed by atoms with E-state index < -0.39 is 0 Å². The molecule has 0 bridgehead atoms. The Labute approximate surface area is 146 Å². The summed E-state index contributed by atoms with van der Waals surface area (Å²) in [6.07, 6.45) is 7.35. The average Bonchev–Trinajstić information content (AvgIpc) is 3.13. The van der Waals surface area contributed by atoms with Gasteiger partial charge < -0.3 is 15.1 Å². The molecule has 2 aliphatic heterocycles. The Morgan fingerprint density at radius 3 is 2.54 bits per heavy atom. The number of nitrogens with one attached hydrogen (secondary N) is 1. The standard InChI is InChI=1S/C20H31N3O/c1-17-7-9-18(10-8-17)16-21-20(24)23-14-3-2-6-19(23)11-15-22-12-4-5-13-22/h7-10,19H,2-6,11-16H2,1H3,(H,21,24)/t19-/m1/s1. The van der Waals surface area contributed by atoms with Crippen LogP contribution >= 0.6 is 0 Å². The number of carbonyl (C=O) groups is 1. The van der Waals surface area contributed by atoms with Crippen molar-refractivity contribution in [3.8, 4) is 0 Å². The van der Waals surface area contributed by atoms with Crippen molar-refractivity contribution in [2.45, 2.75) is 58.0 Å². The number of carbonyl (C=O) groups excluding carboxylic acids is 1. The highest BCUT2D eigenvalue weighted by molar-refractivity contribution is 5.74. The smallest absolute Gasteiger partial charge is 0.317 e. The largest absolute Gasteiger partial charge is 0.334 e. The number of urea groups is 1. The van der Waals surface area contributed by atoms with Crippen molar-refractivity contribution in [1.82, 2.24) is 15.1 Å². The van der Waals surface area contributed by atoms with Gasteiger partial charge in [-0.05, 0) is 64.1 Å². The van der Waals surface area contributed by atoms with Crippen molar-refractivity contribution in [1.29, 1.82) is 0 Å². The highest BCUT2D eigenvalue weighted by Crippen LogP contribution is 2.21. The summed E-state index contributed by atoms with van der Waals surface area (Å²) in [6.45, 7) is 7.24. The first-order valence-electron chi connectivity index (χ1n) is 9.55. The van der Waals surface area contributed by atoms with Gasteiger partial charge in [0.2, 0.25) is 0 Å². The lowest BCUT2D eigenvalue weighted by molar-refractivity contribution is 0.138. The van der Waals surface area contributed by atoms with Crippen LogP contribution in [-0.2, 0) is 6.54 Å². The van der Waals surface area contributed by atoms with Gasteiger partial charge in [-0.15, -0.1) is 0 Å². The molecular formula is C20H31N3O. The predicted molar refractivity (Wildman–Crippen MR) is 98.1 cm³/mol. The summed E-state index contributed by atoms with van der Waals surface area (Å²) in [7, 11) is 0. The Hall–Kier alpha value is -1.55. The molecule has 0 unspecified atom stereocenters. The highest BCUT2D eigenvalue weighted by atomic mass is 16.2. The molecule has 2 aliphatic rings. The molecule has 0 aliphatic carbocycles. The first-order chi connectivity index (χ1) is 11.7. The molecule has 1 aromatic rings. The molecule has 1 atom stereocenters. The first kappa shape index (κ1) is 17.3. The lowest BCUT2D eigenvalue weighted by Crippen LogP contribution is -2.49. The lowest BCUT2D eigenvalue weighted by Gasteiger charge is -2.36. The second-order valence-corrected chi connectivity index (χ2v) is 7.32. The fourth-order valence-electron chi connectivity index (χ4n) is 3.89. The summed E-state index contributed by atoms with van der Waals surface area (Å²) in [5, 5.41) is 3.12. The number of hydrogen-bond acceptors (Lipinski definition) is 2. The Morgan fingerprint density at radius 1 is 1.08 bits per heavy atom. The van der Waals surface area contributed by atoms with Gasteiger partial charge in [0.25, 0.3) is 0 Å². The quantitative estimate of drug-likeness (QED) is 0.897. The van der Waals surface area contributed by atoms with Crippen molar-refractivity contribution in [3.63, 3.8) is 0 Å². The zero-order valence-electron chi connectivity index (χ0n) is 15.0. The van der Waals surface area contributed by atoms with Gasteiger partial charge in [-0.25, -0.2) is 4.79 Å². The zero-order chi connectivity index (χ0) is 16.8. The maximum atomic E-state index is 12.6. The number of rotatable bonds is 5. The third kappa shape index (κ3) is 4.73. The second kappa shape index (κ2) is 8.52. The van der Waals surface area contributed by atoms with E-state index in [1.807, 2.05) is 0 Å². The summed E-state index contributed by atoms with van der Waals surface area (Å²) in [4.78, 5) is 17.3. The molecule has 24 heavy (non-hydrogen) atoms. The van der Waals surface area contributed by atoms with Crippen LogP contribution in [0.15, 0.2) is 24.3 Å². The molecule has 132 valence electrons. The number of benzene rings is 1. The van der Waals surface area contributed by atoms with Crippen LogP contribution in [-0.4, -0.2) is 48.1 Å². The summed E-state index contributed by atoms with van der Waals surface area (Å²) in [6, 6.07) is 8.91. The third-order valence-electron chi connectivity index (χ3n) is 5.43. The minimum absolute atomic E-state index is 0.113. The molecule has 0 aromatic heterocycles. The van der Waals surface area contributed by atoms with E-state index in [1.165, 1.54) is 43.5 Å². The topological polar surface area (TPSA) is 35.6 Å². The van der Waals surface area contributed by atoms with E-state index in [2.05, 4.69) is 46.3 Å². The van der Waals surface area contributed by atoms with E-state index in [4.69, 9.17) is 0 Å². The van der Waals surface area contributed by atoms with Crippen molar-refractivity contribution >= 4 is 6.03 Å². The normalized spacial score (nSPS) is 21.9. The third-order valence-corrected chi connectivity index (χ3v) is 5.43. The Balaban J connectivity index is 1.49. The van der Waals surface area contributed by atoms with Crippen LogP contribution in [0.3, 0.4) is 0 Å². The van der Waals surface area contributed by atoms with Crippen LogP contribution in [0.2, 0.25) is 0 Å². The van der Waals surface area contributed by atoms with Crippen molar-refractivity contribution < 1.29 is 4.79 Å². The van der Waals surface area contributed by atoms with Crippen LogP contribution in [0.5, 0.6) is 0 Å².